The minimum absolute atomic E-state index is 0.0222. The Bertz CT molecular complexity index is 949. The molecule has 1 aliphatic heterocycles. The van der Waals surface area contributed by atoms with Gasteiger partial charge in [0.05, 0.1) is 23.0 Å². The lowest BCUT2D eigenvalue weighted by molar-refractivity contribution is -0.0132. The molecule has 130 valence electrons. The van der Waals surface area contributed by atoms with Gasteiger partial charge in [0.1, 0.15) is 17.3 Å². The molecule has 0 radical (unpaired) electrons. The molecule has 3 heterocycles. The molecule has 0 saturated carbocycles. The molecule has 0 bridgehead atoms. The van der Waals surface area contributed by atoms with Gasteiger partial charge < -0.3 is 14.6 Å². The summed E-state index contributed by atoms with van der Waals surface area (Å²) < 4.78 is 13.3. The highest BCUT2D eigenvalue weighted by molar-refractivity contribution is 6.00. The summed E-state index contributed by atoms with van der Waals surface area (Å²) in [7, 11) is 1.61. The Hall–Kier alpha value is -2.72. The van der Waals surface area contributed by atoms with Crippen molar-refractivity contribution in [1.29, 1.82) is 5.26 Å². The van der Waals surface area contributed by atoms with Crippen molar-refractivity contribution in [2.24, 2.45) is 0 Å². The van der Waals surface area contributed by atoms with Gasteiger partial charge in [-0.1, -0.05) is 0 Å². The Morgan fingerprint density at radius 1 is 1.52 bits per heavy atom. The number of carbonyl (C=O) groups is 1. The number of Topliss-reactive ketones (excluding diaryl/α,β-unsaturated/α-hetero) is 1. The Morgan fingerprint density at radius 3 is 2.80 bits per heavy atom. The fourth-order valence-corrected chi connectivity index (χ4v) is 3.14. The van der Waals surface area contributed by atoms with Gasteiger partial charge in [0, 0.05) is 33.9 Å². The van der Waals surface area contributed by atoms with Crippen LogP contribution in [0.2, 0.25) is 0 Å². The standard InChI is InChI=1S/C18H20N4O3/c1-11(23)14-8-12-15(10-20-14)21-17(24)13(9-19)16(12)22-6-4-18(2,25-3)5-7-22/h8,10H,4-7H2,1-3H3,(H,21,24)/i2D. The number of nitrogens with zero attached hydrogens (tertiary/aromatic N) is 3. The number of piperidine rings is 1. The topological polar surface area (TPSA) is 99.1 Å². The quantitative estimate of drug-likeness (QED) is 0.857. The number of aromatic nitrogens is 2. The first kappa shape index (κ1) is 15.8. The van der Waals surface area contributed by atoms with Crippen LogP contribution in [0.4, 0.5) is 5.69 Å². The van der Waals surface area contributed by atoms with E-state index < -0.39 is 11.2 Å². The lowest BCUT2D eigenvalue weighted by atomic mass is 9.92. The van der Waals surface area contributed by atoms with Gasteiger partial charge in [-0.15, -0.1) is 0 Å². The number of aromatic amines is 1. The van der Waals surface area contributed by atoms with Gasteiger partial charge in [0.15, 0.2) is 5.78 Å². The van der Waals surface area contributed by atoms with Crippen LogP contribution in [-0.2, 0) is 4.74 Å². The molecule has 2 aromatic heterocycles. The Labute approximate surface area is 146 Å². The molecule has 0 atom stereocenters. The molecule has 2 aromatic rings. The first-order valence-corrected chi connectivity index (χ1v) is 8.01. The molecule has 0 aromatic carbocycles. The summed E-state index contributed by atoms with van der Waals surface area (Å²) in [5.41, 5.74) is 0.338. The predicted molar refractivity (Wildman–Crippen MR) is 93.9 cm³/mol. The largest absolute Gasteiger partial charge is 0.378 e. The van der Waals surface area contributed by atoms with Crippen LogP contribution in [0.1, 0.15) is 44.1 Å². The third-order valence-electron chi connectivity index (χ3n) is 4.77. The van der Waals surface area contributed by atoms with Crippen molar-refractivity contribution in [3.05, 3.63) is 33.9 Å². The van der Waals surface area contributed by atoms with Gasteiger partial charge in [-0.05, 0) is 25.8 Å². The highest BCUT2D eigenvalue weighted by Gasteiger charge is 2.32. The maximum atomic E-state index is 12.3. The van der Waals surface area contributed by atoms with E-state index in [0.29, 0.717) is 42.5 Å². The molecule has 0 amide bonds. The molecular formula is C18H20N4O3. The molecule has 7 nitrogen and oxygen atoms in total. The number of anilines is 1. The molecule has 0 aliphatic carbocycles. The first-order chi connectivity index (χ1) is 12.4. The van der Waals surface area contributed by atoms with E-state index in [1.807, 2.05) is 11.0 Å². The SMILES string of the molecule is [2H]CC1(OC)CCN(c2c(C#N)c(=O)[nH]c3cnc(C(C)=O)cc23)CC1. The number of hydrogen-bond acceptors (Lipinski definition) is 6. The average molecular weight is 341 g/mol. The molecule has 3 rings (SSSR count). The zero-order chi connectivity index (χ0) is 18.9. The van der Waals surface area contributed by atoms with E-state index in [1.165, 1.54) is 13.1 Å². The summed E-state index contributed by atoms with van der Waals surface area (Å²) in [4.78, 5) is 32.7. The second kappa shape index (κ2) is 6.30. The fourth-order valence-electron chi connectivity index (χ4n) is 3.14. The highest BCUT2D eigenvalue weighted by Crippen LogP contribution is 2.33. The second-order valence-electron chi connectivity index (χ2n) is 6.34. The number of fused-ring (bicyclic) bond motifs is 1. The molecule has 7 heteroatoms. The molecule has 1 saturated heterocycles. The minimum atomic E-state index is -0.494. The summed E-state index contributed by atoms with van der Waals surface area (Å²) in [5, 5.41) is 10.2. The summed E-state index contributed by atoms with van der Waals surface area (Å²) in [6.45, 7) is 2.69. The number of pyridine rings is 2. The van der Waals surface area contributed by atoms with E-state index in [0.717, 1.165) is 0 Å². The Kier molecular flexibility index (Phi) is 3.98. The third-order valence-corrected chi connectivity index (χ3v) is 4.77. The van der Waals surface area contributed by atoms with Gasteiger partial charge in [-0.3, -0.25) is 14.6 Å². The molecular weight excluding hydrogens is 320 g/mol. The van der Waals surface area contributed by atoms with Crippen LogP contribution in [0.3, 0.4) is 0 Å². The van der Waals surface area contributed by atoms with Crippen LogP contribution < -0.4 is 10.5 Å². The maximum Gasteiger partial charge on any atom is 0.268 e. The Morgan fingerprint density at radius 2 is 2.24 bits per heavy atom. The third kappa shape index (κ3) is 3.01. The molecule has 1 N–H and O–H groups in total. The average Bonchev–Trinajstić information content (AvgIpc) is 2.66. The minimum Gasteiger partial charge on any atom is -0.378 e. The molecule has 1 aliphatic rings. The summed E-state index contributed by atoms with van der Waals surface area (Å²) in [6.07, 6.45) is 2.69. The van der Waals surface area contributed by atoms with Crippen molar-refractivity contribution < 1.29 is 10.9 Å². The van der Waals surface area contributed by atoms with E-state index in [9.17, 15) is 14.9 Å². The number of H-pyrrole nitrogens is 1. The molecule has 0 spiro atoms. The number of ketones is 1. The number of rotatable bonds is 3. The van der Waals surface area contributed by atoms with Crippen molar-refractivity contribution >= 4 is 22.4 Å². The lowest BCUT2D eigenvalue weighted by Gasteiger charge is -2.40. The summed E-state index contributed by atoms with van der Waals surface area (Å²) in [6, 6.07) is 3.61. The zero-order valence-electron chi connectivity index (χ0n) is 15.3. The second-order valence-corrected chi connectivity index (χ2v) is 6.34. The van der Waals surface area contributed by atoms with Crippen molar-refractivity contribution in [3.8, 4) is 6.07 Å². The van der Waals surface area contributed by atoms with E-state index >= 15 is 0 Å². The number of nitriles is 1. The lowest BCUT2D eigenvalue weighted by Crippen LogP contribution is -2.44. The van der Waals surface area contributed by atoms with Crippen molar-refractivity contribution in [3.63, 3.8) is 0 Å². The monoisotopic (exact) mass is 341 g/mol. The van der Waals surface area contributed by atoms with Crippen molar-refractivity contribution in [2.45, 2.75) is 32.3 Å². The van der Waals surface area contributed by atoms with Crippen LogP contribution in [0.25, 0.3) is 10.9 Å². The van der Waals surface area contributed by atoms with Crippen LogP contribution in [0.15, 0.2) is 17.1 Å². The number of methoxy groups -OCH3 is 1. The maximum absolute atomic E-state index is 12.3. The Balaban J connectivity index is 2.15. The molecule has 25 heavy (non-hydrogen) atoms. The smallest absolute Gasteiger partial charge is 0.268 e. The summed E-state index contributed by atoms with van der Waals surface area (Å²) in [5.74, 6) is -0.186. The van der Waals surface area contributed by atoms with Crippen LogP contribution in [0.5, 0.6) is 0 Å². The molecule has 0 unspecified atom stereocenters. The first-order valence-electron chi connectivity index (χ1n) is 8.72. The van der Waals surface area contributed by atoms with E-state index in [-0.39, 0.29) is 23.9 Å². The van der Waals surface area contributed by atoms with Crippen LogP contribution in [0, 0.1) is 11.3 Å². The fraction of sp³-hybridized carbons (Fsp3) is 0.444. The number of hydrogen-bond donors (Lipinski definition) is 1. The number of carbonyl (C=O) groups excluding carboxylic acids is 1. The van der Waals surface area contributed by atoms with Crippen LogP contribution in [-0.4, -0.2) is 41.6 Å². The van der Waals surface area contributed by atoms with Gasteiger partial charge in [-0.25, -0.2) is 0 Å². The van der Waals surface area contributed by atoms with Gasteiger partial charge in [0.2, 0.25) is 0 Å². The normalized spacial score (nSPS) is 17.2. The van der Waals surface area contributed by atoms with E-state index in [4.69, 9.17) is 6.11 Å². The van der Waals surface area contributed by atoms with Gasteiger partial charge in [-0.2, -0.15) is 5.26 Å². The highest BCUT2D eigenvalue weighted by atomic mass is 16.5. The number of ether oxygens (including phenoxy) is 1. The van der Waals surface area contributed by atoms with E-state index in [1.54, 1.807) is 13.2 Å². The number of nitrogens with one attached hydrogen (secondary N) is 1. The predicted octanol–water partition coefficient (Wildman–Crippen LogP) is 2.00. The van der Waals surface area contributed by atoms with Crippen molar-refractivity contribution in [2.75, 3.05) is 25.1 Å². The van der Waals surface area contributed by atoms with Gasteiger partial charge in [0.25, 0.3) is 5.56 Å². The van der Waals surface area contributed by atoms with Crippen LogP contribution >= 0.6 is 0 Å². The van der Waals surface area contributed by atoms with E-state index in [2.05, 4.69) is 9.97 Å². The molecule has 1 fully saturated rings. The summed E-state index contributed by atoms with van der Waals surface area (Å²) >= 11 is 0. The zero-order valence-corrected chi connectivity index (χ0v) is 14.3. The van der Waals surface area contributed by atoms with Crippen molar-refractivity contribution in [1.82, 2.24) is 9.97 Å². The van der Waals surface area contributed by atoms with Gasteiger partial charge >= 0.3 is 0 Å².